The first-order valence-corrected chi connectivity index (χ1v) is 8.43. The molecule has 1 aromatic heterocycles. The number of H-pyrrole nitrogens is 1. The summed E-state index contributed by atoms with van der Waals surface area (Å²) in [4.78, 5) is 3.32. The van der Waals surface area contributed by atoms with E-state index in [0.29, 0.717) is 0 Å². The average molecular weight is 294 g/mol. The SMILES string of the molecule is CCC(CC)(Cn1c(=S)[nH]c2ccc(C)cc21)SC. The maximum atomic E-state index is 5.51. The molecular formula is C15H22N2S2. The van der Waals surface area contributed by atoms with E-state index in [9.17, 15) is 0 Å². The van der Waals surface area contributed by atoms with Gasteiger partial charge in [-0.1, -0.05) is 19.9 Å². The Morgan fingerprint density at radius 2 is 2.00 bits per heavy atom. The Morgan fingerprint density at radius 1 is 1.32 bits per heavy atom. The van der Waals surface area contributed by atoms with E-state index in [0.717, 1.165) is 29.7 Å². The number of thioether (sulfide) groups is 1. The molecule has 4 heteroatoms. The molecular weight excluding hydrogens is 272 g/mol. The molecule has 2 nitrogen and oxygen atoms in total. The van der Waals surface area contributed by atoms with Crippen LogP contribution in [-0.2, 0) is 6.54 Å². The molecule has 19 heavy (non-hydrogen) atoms. The van der Waals surface area contributed by atoms with E-state index in [1.165, 1.54) is 11.1 Å². The second-order valence-electron chi connectivity index (χ2n) is 5.13. The fourth-order valence-corrected chi connectivity index (χ4v) is 3.64. The molecule has 0 amide bonds. The minimum absolute atomic E-state index is 0.275. The zero-order chi connectivity index (χ0) is 14.0. The normalized spacial score (nSPS) is 12.2. The number of aromatic nitrogens is 2. The molecule has 1 N–H and O–H groups in total. The Labute approximate surface area is 124 Å². The van der Waals surface area contributed by atoms with E-state index >= 15 is 0 Å². The fraction of sp³-hybridized carbons (Fsp3) is 0.533. The molecule has 2 aromatic rings. The van der Waals surface area contributed by atoms with Crippen LogP contribution in [-0.4, -0.2) is 20.6 Å². The fourth-order valence-electron chi connectivity index (χ4n) is 2.53. The van der Waals surface area contributed by atoms with Gasteiger partial charge in [0.05, 0.1) is 11.0 Å². The minimum atomic E-state index is 0.275. The number of aryl methyl sites for hydroxylation is 1. The van der Waals surface area contributed by atoms with Crippen molar-refractivity contribution in [3.05, 3.63) is 28.5 Å². The Balaban J connectivity index is 2.53. The minimum Gasteiger partial charge on any atom is -0.331 e. The first kappa shape index (κ1) is 14.7. The molecule has 0 aliphatic rings. The van der Waals surface area contributed by atoms with Crippen LogP contribution in [0.3, 0.4) is 0 Å². The van der Waals surface area contributed by atoms with Crippen molar-refractivity contribution in [2.24, 2.45) is 0 Å². The number of hydrogen-bond acceptors (Lipinski definition) is 2. The van der Waals surface area contributed by atoms with E-state index in [-0.39, 0.29) is 4.75 Å². The lowest BCUT2D eigenvalue weighted by Crippen LogP contribution is -2.29. The summed E-state index contributed by atoms with van der Waals surface area (Å²) in [7, 11) is 0. The van der Waals surface area contributed by atoms with Crippen LogP contribution < -0.4 is 0 Å². The van der Waals surface area contributed by atoms with Crippen molar-refractivity contribution < 1.29 is 0 Å². The number of hydrogen-bond donors (Lipinski definition) is 1. The van der Waals surface area contributed by atoms with Crippen LogP contribution in [0, 0.1) is 11.7 Å². The van der Waals surface area contributed by atoms with Gasteiger partial charge in [0.2, 0.25) is 0 Å². The van der Waals surface area contributed by atoms with Crippen molar-refractivity contribution in [3.8, 4) is 0 Å². The Morgan fingerprint density at radius 3 is 2.58 bits per heavy atom. The highest BCUT2D eigenvalue weighted by atomic mass is 32.2. The molecule has 0 saturated carbocycles. The van der Waals surface area contributed by atoms with Crippen LogP contribution >= 0.6 is 24.0 Å². The van der Waals surface area contributed by atoms with Crippen molar-refractivity contribution in [1.29, 1.82) is 0 Å². The number of fused-ring (bicyclic) bond motifs is 1. The quantitative estimate of drug-likeness (QED) is 0.789. The summed E-state index contributed by atoms with van der Waals surface area (Å²) in [5, 5.41) is 0. The molecule has 0 radical (unpaired) electrons. The molecule has 0 unspecified atom stereocenters. The van der Waals surface area contributed by atoms with Crippen LogP contribution in [0.1, 0.15) is 32.3 Å². The summed E-state index contributed by atoms with van der Waals surface area (Å²) in [5.41, 5.74) is 3.64. The second kappa shape index (κ2) is 5.71. The van der Waals surface area contributed by atoms with Gasteiger partial charge < -0.3 is 9.55 Å². The summed E-state index contributed by atoms with van der Waals surface area (Å²) in [6.45, 7) is 7.64. The molecule has 0 atom stereocenters. The summed E-state index contributed by atoms with van der Waals surface area (Å²) in [5.74, 6) is 0. The van der Waals surface area contributed by atoms with Crippen LogP contribution in [0.2, 0.25) is 0 Å². The first-order valence-electron chi connectivity index (χ1n) is 6.79. The zero-order valence-electron chi connectivity index (χ0n) is 12.1. The van der Waals surface area contributed by atoms with Gasteiger partial charge in [0.1, 0.15) is 0 Å². The van der Waals surface area contributed by atoms with E-state index in [1.54, 1.807) is 0 Å². The summed E-state index contributed by atoms with van der Waals surface area (Å²) < 4.78 is 3.37. The molecule has 0 aliphatic carbocycles. The average Bonchev–Trinajstić information content (AvgIpc) is 2.72. The molecule has 0 saturated heterocycles. The third-order valence-corrected chi connectivity index (χ3v) is 5.99. The van der Waals surface area contributed by atoms with Gasteiger partial charge in [-0.05, 0) is 55.9 Å². The van der Waals surface area contributed by atoms with E-state index < -0.39 is 0 Å². The number of imidazole rings is 1. The third-order valence-electron chi connectivity index (χ3n) is 4.10. The predicted molar refractivity (Wildman–Crippen MR) is 88.7 cm³/mol. The van der Waals surface area contributed by atoms with Gasteiger partial charge in [-0.25, -0.2) is 0 Å². The van der Waals surface area contributed by atoms with Crippen LogP contribution in [0.25, 0.3) is 11.0 Å². The molecule has 1 aromatic carbocycles. The number of nitrogens with one attached hydrogen (secondary N) is 1. The molecule has 2 rings (SSSR count). The maximum Gasteiger partial charge on any atom is 0.178 e. The largest absolute Gasteiger partial charge is 0.331 e. The topological polar surface area (TPSA) is 20.7 Å². The summed E-state index contributed by atoms with van der Waals surface area (Å²) in [6, 6.07) is 6.47. The Bertz CT molecular complexity index is 612. The van der Waals surface area contributed by atoms with E-state index in [1.807, 2.05) is 11.8 Å². The number of nitrogens with zero attached hydrogens (tertiary/aromatic N) is 1. The van der Waals surface area contributed by atoms with Crippen molar-refractivity contribution >= 4 is 35.0 Å². The number of benzene rings is 1. The Kier molecular flexibility index (Phi) is 4.41. The van der Waals surface area contributed by atoms with Crippen LogP contribution in [0.4, 0.5) is 0 Å². The van der Waals surface area contributed by atoms with Crippen LogP contribution in [0.15, 0.2) is 18.2 Å². The molecule has 0 fully saturated rings. The van der Waals surface area contributed by atoms with Gasteiger partial charge in [0.25, 0.3) is 0 Å². The van der Waals surface area contributed by atoms with Gasteiger partial charge in [0.15, 0.2) is 4.77 Å². The van der Waals surface area contributed by atoms with Crippen molar-refractivity contribution in [2.75, 3.05) is 6.26 Å². The van der Waals surface area contributed by atoms with Gasteiger partial charge in [0, 0.05) is 11.3 Å². The number of aromatic amines is 1. The van der Waals surface area contributed by atoms with Crippen LogP contribution in [0.5, 0.6) is 0 Å². The second-order valence-corrected chi connectivity index (χ2v) is 6.79. The van der Waals surface area contributed by atoms with Crippen molar-refractivity contribution in [3.63, 3.8) is 0 Å². The predicted octanol–water partition coefficient (Wildman–Crippen LogP) is 4.93. The summed E-state index contributed by atoms with van der Waals surface area (Å²) >= 11 is 7.46. The lowest BCUT2D eigenvalue weighted by molar-refractivity contribution is 0.470. The van der Waals surface area contributed by atoms with Gasteiger partial charge >= 0.3 is 0 Å². The number of rotatable bonds is 5. The first-order chi connectivity index (χ1) is 9.05. The van der Waals surface area contributed by atoms with Gasteiger partial charge in [-0.3, -0.25) is 0 Å². The highest BCUT2D eigenvalue weighted by molar-refractivity contribution is 8.00. The molecule has 104 valence electrons. The zero-order valence-corrected chi connectivity index (χ0v) is 13.8. The van der Waals surface area contributed by atoms with Crippen molar-refractivity contribution in [1.82, 2.24) is 9.55 Å². The Hall–Kier alpha value is -0.740. The van der Waals surface area contributed by atoms with Gasteiger partial charge in [-0.2, -0.15) is 11.8 Å². The third kappa shape index (κ3) is 2.75. The van der Waals surface area contributed by atoms with Crippen molar-refractivity contribution in [2.45, 2.75) is 44.9 Å². The monoisotopic (exact) mass is 294 g/mol. The molecule has 0 aliphatic heterocycles. The summed E-state index contributed by atoms with van der Waals surface area (Å²) in [6.07, 6.45) is 4.52. The lowest BCUT2D eigenvalue weighted by atomic mass is 10.0. The standard InChI is InChI=1S/C15H22N2S2/c1-5-15(6-2,19-4)10-17-13-9-11(3)7-8-12(13)16-14(17)18/h7-9H,5-6,10H2,1-4H3,(H,16,18). The van der Waals surface area contributed by atoms with E-state index in [4.69, 9.17) is 12.2 Å². The van der Waals surface area contributed by atoms with E-state index in [2.05, 4.69) is 54.8 Å². The highest BCUT2D eigenvalue weighted by Crippen LogP contribution is 2.33. The van der Waals surface area contributed by atoms with Gasteiger partial charge in [-0.15, -0.1) is 0 Å². The molecule has 1 heterocycles. The molecule has 0 bridgehead atoms. The molecule has 0 spiro atoms. The lowest BCUT2D eigenvalue weighted by Gasteiger charge is -2.30. The maximum absolute atomic E-state index is 5.51. The highest BCUT2D eigenvalue weighted by Gasteiger charge is 2.26. The smallest absolute Gasteiger partial charge is 0.178 e.